The summed E-state index contributed by atoms with van der Waals surface area (Å²) in [6.07, 6.45) is 2.19. The van der Waals surface area contributed by atoms with Crippen molar-refractivity contribution in [3.63, 3.8) is 0 Å². The second-order valence-electron chi connectivity index (χ2n) is 7.75. The summed E-state index contributed by atoms with van der Waals surface area (Å²) < 4.78 is 8.83. The molecule has 1 aliphatic rings. The first kappa shape index (κ1) is 22.1. The SMILES string of the molecule is CCn1c(=O)n(CC)c2cc(N3CCCC3)c(NC(=O)Nc3cc(Cl)ccc3OC)cc21. The maximum atomic E-state index is 12.9. The number of nitrogens with zero attached hydrogens (tertiary/aromatic N) is 3. The molecule has 0 radical (unpaired) electrons. The fourth-order valence-corrected chi connectivity index (χ4v) is 4.51. The van der Waals surface area contributed by atoms with Gasteiger partial charge in [-0.2, -0.15) is 0 Å². The van der Waals surface area contributed by atoms with Crippen LogP contribution in [0.3, 0.4) is 0 Å². The molecule has 2 N–H and O–H groups in total. The number of carbonyl (C=O) groups is 1. The number of urea groups is 1. The van der Waals surface area contributed by atoms with Crippen molar-refractivity contribution in [2.24, 2.45) is 0 Å². The van der Waals surface area contributed by atoms with E-state index in [1.54, 1.807) is 27.3 Å². The predicted octanol–water partition coefficient (Wildman–Crippen LogP) is 4.75. The van der Waals surface area contributed by atoms with Crippen LogP contribution < -0.4 is 26.0 Å². The first-order valence-corrected chi connectivity index (χ1v) is 11.3. The number of carbonyl (C=O) groups excluding carboxylic acids is 1. The fourth-order valence-electron chi connectivity index (χ4n) is 4.33. The van der Waals surface area contributed by atoms with Crippen LogP contribution >= 0.6 is 11.6 Å². The number of hydrogen-bond donors (Lipinski definition) is 2. The van der Waals surface area contributed by atoms with Gasteiger partial charge in [0.2, 0.25) is 0 Å². The summed E-state index contributed by atoms with van der Waals surface area (Å²) in [5, 5.41) is 6.30. The van der Waals surface area contributed by atoms with Crippen LogP contribution in [0.2, 0.25) is 5.02 Å². The van der Waals surface area contributed by atoms with Gasteiger partial charge in [-0.25, -0.2) is 9.59 Å². The van der Waals surface area contributed by atoms with Crippen molar-refractivity contribution in [1.29, 1.82) is 0 Å². The van der Waals surface area contributed by atoms with Crippen LogP contribution in [0.25, 0.3) is 11.0 Å². The van der Waals surface area contributed by atoms with Gasteiger partial charge >= 0.3 is 11.7 Å². The van der Waals surface area contributed by atoms with E-state index in [1.165, 1.54) is 7.11 Å². The number of anilines is 3. The minimum Gasteiger partial charge on any atom is -0.495 e. The second kappa shape index (κ2) is 9.16. The quantitative estimate of drug-likeness (QED) is 0.559. The van der Waals surface area contributed by atoms with Crippen molar-refractivity contribution in [3.05, 3.63) is 45.8 Å². The van der Waals surface area contributed by atoms with Crippen LogP contribution in [0, 0.1) is 0 Å². The number of imidazole rings is 1. The molecular formula is C23H28ClN5O3. The van der Waals surface area contributed by atoms with Gasteiger partial charge in [0.15, 0.2) is 0 Å². The third-order valence-corrected chi connectivity index (χ3v) is 6.11. The molecule has 0 aliphatic carbocycles. The number of rotatable bonds is 6. The summed E-state index contributed by atoms with van der Waals surface area (Å²) in [4.78, 5) is 28.0. The third-order valence-electron chi connectivity index (χ3n) is 5.87. The van der Waals surface area contributed by atoms with Crippen LogP contribution in [0.1, 0.15) is 26.7 Å². The molecule has 2 amide bonds. The zero-order valence-electron chi connectivity index (χ0n) is 18.6. The van der Waals surface area contributed by atoms with E-state index in [9.17, 15) is 9.59 Å². The fraction of sp³-hybridized carbons (Fsp3) is 0.391. The van der Waals surface area contributed by atoms with Crippen LogP contribution in [0.15, 0.2) is 35.1 Å². The van der Waals surface area contributed by atoms with Crippen LogP contribution in [-0.4, -0.2) is 35.4 Å². The van der Waals surface area contributed by atoms with E-state index < -0.39 is 6.03 Å². The van der Waals surface area contributed by atoms with Crippen molar-refractivity contribution in [2.75, 3.05) is 35.7 Å². The van der Waals surface area contributed by atoms with Gasteiger partial charge in [0, 0.05) is 31.2 Å². The average molecular weight is 458 g/mol. The Labute approximate surface area is 191 Å². The van der Waals surface area contributed by atoms with Crippen LogP contribution in [-0.2, 0) is 13.1 Å². The highest BCUT2D eigenvalue weighted by Gasteiger charge is 2.22. The number of nitrogens with one attached hydrogen (secondary N) is 2. The van der Waals surface area contributed by atoms with E-state index in [0.29, 0.717) is 35.2 Å². The molecule has 32 heavy (non-hydrogen) atoms. The highest BCUT2D eigenvalue weighted by molar-refractivity contribution is 6.31. The Morgan fingerprint density at radius 2 is 1.62 bits per heavy atom. The zero-order chi connectivity index (χ0) is 22.8. The molecule has 9 heteroatoms. The van der Waals surface area contributed by atoms with Crippen molar-refractivity contribution in [3.8, 4) is 5.75 Å². The Bertz CT molecular complexity index is 1210. The van der Waals surface area contributed by atoms with Crippen LogP contribution in [0.5, 0.6) is 5.75 Å². The molecule has 0 spiro atoms. The summed E-state index contributed by atoms with van der Waals surface area (Å²) in [7, 11) is 1.54. The van der Waals surface area contributed by atoms with E-state index in [4.69, 9.17) is 16.3 Å². The Morgan fingerprint density at radius 1 is 1.00 bits per heavy atom. The molecule has 0 unspecified atom stereocenters. The molecule has 0 saturated carbocycles. The molecule has 8 nitrogen and oxygen atoms in total. The van der Waals surface area contributed by atoms with Gasteiger partial charge in [0.05, 0.1) is 35.2 Å². The van der Waals surface area contributed by atoms with E-state index in [-0.39, 0.29) is 5.69 Å². The highest BCUT2D eigenvalue weighted by atomic mass is 35.5. The lowest BCUT2D eigenvalue weighted by molar-refractivity contribution is 0.262. The molecule has 2 heterocycles. The first-order chi connectivity index (χ1) is 15.5. The number of fused-ring (bicyclic) bond motifs is 1. The third kappa shape index (κ3) is 4.02. The minimum absolute atomic E-state index is 0.0392. The number of aromatic nitrogens is 2. The normalized spacial score (nSPS) is 13.6. The second-order valence-corrected chi connectivity index (χ2v) is 8.18. The Balaban J connectivity index is 1.75. The lowest BCUT2D eigenvalue weighted by atomic mass is 10.2. The number of hydrogen-bond acceptors (Lipinski definition) is 4. The van der Waals surface area contributed by atoms with Gasteiger partial charge in [-0.3, -0.25) is 9.13 Å². The molecule has 0 bridgehead atoms. The maximum Gasteiger partial charge on any atom is 0.329 e. The van der Waals surface area contributed by atoms with Crippen molar-refractivity contribution in [2.45, 2.75) is 39.8 Å². The van der Waals surface area contributed by atoms with Gasteiger partial charge < -0.3 is 20.3 Å². The summed E-state index contributed by atoms with van der Waals surface area (Å²) in [5.74, 6) is 0.514. The monoisotopic (exact) mass is 457 g/mol. The Kier molecular flexibility index (Phi) is 6.32. The molecule has 1 aromatic heterocycles. The summed E-state index contributed by atoms with van der Waals surface area (Å²) >= 11 is 6.09. The van der Waals surface area contributed by atoms with Crippen molar-refractivity contribution < 1.29 is 9.53 Å². The molecule has 1 fully saturated rings. The first-order valence-electron chi connectivity index (χ1n) is 10.9. The molecule has 1 saturated heterocycles. The van der Waals surface area contributed by atoms with Gasteiger partial charge in [-0.15, -0.1) is 0 Å². The smallest absolute Gasteiger partial charge is 0.329 e. The van der Waals surface area contributed by atoms with Gasteiger partial charge in [-0.1, -0.05) is 11.6 Å². The molecule has 2 aromatic carbocycles. The van der Waals surface area contributed by atoms with Gasteiger partial charge in [0.1, 0.15) is 5.75 Å². The molecule has 1 aliphatic heterocycles. The van der Waals surface area contributed by atoms with Crippen molar-refractivity contribution >= 4 is 45.7 Å². The Morgan fingerprint density at radius 3 is 2.25 bits per heavy atom. The summed E-state index contributed by atoms with van der Waals surface area (Å²) in [5.41, 5.74) is 3.69. The standard InChI is InChI=1S/C23H28ClN5O3/c1-4-28-19-13-16(25-22(30)26-17-12-15(24)8-9-21(17)32-3)18(27-10-6-7-11-27)14-20(19)29(5-2)23(28)31/h8-9,12-14H,4-7,10-11H2,1-3H3,(H2,25,26,30). The number of amides is 2. The molecule has 170 valence electrons. The number of methoxy groups -OCH3 is 1. The molecular weight excluding hydrogens is 430 g/mol. The maximum absolute atomic E-state index is 12.9. The molecule has 0 atom stereocenters. The lowest BCUT2D eigenvalue weighted by Crippen LogP contribution is -2.24. The van der Waals surface area contributed by atoms with E-state index in [1.807, 2.05) is 26.0 Å². The van der Waals surface area contributed by atoms with E-state index in [0.717, 1.165) is 42.7 Å². The largest absolute Gasteiger partial charge is 0.495 e. The number of halogens is 1. The van der Waals surface area contributed by atoms with Crippen LogP contribution in [0.4, 0.5) is 21.9 Å². The Hall–Kier alpha value is -3.13. The van der Waals surface area contributed by atoms with Gasteiger partial charge in [0.25, 0.3) is 0 Å². The summed E-state index contributed by atoms with van der Waals surface area (Å²) in [6, 6.07) is 8.55. The minimum atomic E-state index is -0.411. The highest BCUT2D eigenvalue weighted by Crippen LogP contribution is 2.34. The van der Waals surface area contributed by atoms with E-state index >= 15 is 0 Å². The van der Waals surface area contributed by atoms with Gasteiger partial charge in [-0.05, 0) is 57.0 Å². The van der Waals surface area contributed by atoms with E-state index in [2.05, 4.69) is 15.5 Å². The lowest BCUT2D eigenvalue weighted by Gasteiger charge is -2.22. The number of ether oxygens (including phenoxy) is 1. The zero-order valence-corrected chi connectivity index (χ0v) is 19.3. The molecule has 3 aromatic rings. The number of aryl methyl sites for hydroxylation is 2. The molecule has 4 rings (SSSR count). The number of benzene rings is 2. The average Bonchev–Trinajstić information content (AvgIpc) is 3.38. The summed E-state index contributed by atoms with van der Waals surface area (Å²) in [6.45, 7) is 6.87. The van der Waals surface area contributed by atoms with Crippen molar-refractivity contribution in [1.82, 2.24) is 9.13 Å². The topological polar surface area (TPSA) is 80.5 Å². The predicted molar refractivity (Wildman–Crippen MR) is 130 cm³/mol.